The summed E-state index contributed by atoms with van der Waals surface area (Å²) in [5.41, 5.74) is 4.27. The third-order valence-corrected chi connectivity index (χ3v) is 6.34. The van der Waals surface area contributed by atoms with E-state index in [1.807, 2.05) is 29.2 Å². The maximum absolute atomic E-state index is 13.2. The molecule has 0 bridgehead atoms. The fourth-order valence-corrected chi connectivity index (χ4v) is 4.59. The number of nitrogens with zero attached hydrogens (tertiary/aromatic N) is 2. The van der Waals surface area contributed by atoms with Crippen LogP contribution in [0.4, 0.5) is 0 Å². The highest BCUT2D eigenvalue weighted by Gasteiger charge is 2.25. The van der Waals surface area contributed by atoms with Gasteiger partial charge in [0, 0.05) is 37.1 Å². The molecule has 1 unspecified atom stereocenters. The summed E-state index contributed by atoms with van der Waals surface area (Å²) in [6.07, 6.45) is 2.37. The summed E-state index contributed by atoms with van der Waals surface area (Å²) >= 11 is 0. The first kappa shape index (κ1) is 21.4. The topological polar surface area (TPSA) is 48.6 Å². The zero-order valence-electron chi connectivity index (χ0n) is 18.9. The van der Waals surface area contributed by atoms with E-state index in [1.165, 1.54) is 24.0 Å². The number of nitrogens with one attached hydrogen (secondary N) is 1. The van der Waals surface area contributed by atoms with Crippen LogP contribution in [0.5, 0.6) is 5.75 Å². The van der Waals surface area contributed by atoms with Gasteiger partial charge in [0.25, 0.3) is 5.91 Å². The van der Waals surface area contributed by atoms with Crippen LogP contribution in [0, 0.1) is 12.8 Å². The molecule has 3 aromatic rings. The molecule has 4 rings (SSSR count). The minimum Gasteiger partial charge on any atom is -0.497 e. The quantitative estimate of drug-likeness (QED) is 0.595. The molecule has 1 amide bonds. The number of methoxy groups -OCH3 is 1. The van der Waals surface area contributed by atoms with Crippen molar-refractivity contribution >= 4 is 16.8 Å². The van der Waals surface area contributed by atoms with Crippen molar-refractivity contribution in [2.75, 3.05) is 33.3 Å². The molecule has 1 fully saturated rings. The van der Waals surface area contributed by atoms with E-state index >= 15 is 0 Å². The summed E-state index contributed by atoms with van der Waals surface area (Å²) in [5, 5.41) is 1.00. The Balaban J connectivity index is 1.40. The number of likely N-dealkylation sites (tertiary alicyclic amines) is 1. The second kappa shape index (κ2) is 9.56. The summed E-state index contributed by atoms with van der Waals surface area (Å²) in [7, 11) is 1.66. The van der Waals surface area contributed by atoms with Gasteiger partial charge in [0.1, 0.15) is 11.4 Å². The van der Waals surface area contributed by atoms with Gasteiger partial charge >= 0.3 is 0 Å². The van der Waals surface area contributed by atoms with Crippen LogP contribution in [-0.2, 0) is 6.54 Å². The minimum atomic E-state index is 0.0772. The first-order valence-electron chi connectivity index (χ1n) is 11.3. The van der Waals surface area contributed by atoms with Gasteiger partial charge in [-0.25, -0.2) is 0 Å². The minimum absolute atomic E-state index is 0.0772. The molecular weight excluding hydrogens is 386 g/mol. The molecule has 0 aliphatic carbocycles. The van der Waals surface area contributed by atoms with E-state index in [4.69, 9.17) is 4.74 Å². The molecule has 5 nitrogen and oxygen atoms in total. The molecule has 31 heavy (non-hydrogen) atoms. The van der Waals surface area contributed by atoms with Gasteiger partial charge in [-0.15, -0.1) is 0 Å². The van der Waals surface area contributed by atoms with Crippen molar-refractivity contribution in [3.63, 3.8) is 0 Å². The third-order valence-electron chi connectivity index (χ3n) is 6.34. The van der Waals surface area contributed by atoms with Crippen molar-refractivity contribution < 1.29 is 9.53 Å². The van der Waals surface area contributed by atoms with Gasteiger partial charge in [-0.2, -0.15) is 0 Å². The fraction of sp³-hybridized carbons (Fsp3) is 0.423. The van der Waals surface area contributed by atoms with Crippen molar-refractivity contribution in [1.82, 2.24) is 14.8 Å². The Labute approximate surface area is 185 Å². The van der Waals surface area contributed by atoms with Gasteiger partial charge in [-0.3, -0.25) is 9.69 Å². The van der Waals surface area contributed by atoms with E-state index in [1.54, 1.807) is 7.11 Å². The zero-order chi connectivity index (χ0) is 21.8. The number of hydrogen-bond acceptors (Lipinski definition) is 3. The van der Waals surface area contributed by atoms with E-state index in [2.05, 4.69) is 48.0 Å². The van der Waals surface area contributed by atoms with Gasteiger partial charge < -0.3 is 14.6 Å². The van der Waals surface area contributed by atoms with Gasteiger partial charge in [-0.05, 0) is 69.0 Å². The molecule has 0 saturated carbocycles. The Bertz CT molecular complexity index is 1020. The summed E-state index contributed by atoms with van der Waals surface area (Å²) in [6.45, 7) is 8.87. The molecule has 0 spiro atoms. The van der Waals surface area contributed by atoms with Gasteiger partial charge in [0.2, 0.25) is 0 Å². The molecule has 5 heteroatoms. The molecule has 164 valence electrons. The van der Waals surface area contributed by atoms with Gasteiger partial charge in [-0.1, -0.05) is 29.8 Å². The van der Waals surface area contributed by atoms with Crippen LogP contribution in [0.15, 0.2) is 48.5 Å². The van der Waals surface area contributed by atoms with E-state index in [9.17, 15) is 4.79 Å². The predicted molar refractivity (Wildman–Crippen MR) is 126 cm³/mol. The lowest BCUT2D eigenvalue weighted by Crippen LogP contribution is -2.42. The maximum Gasteiger partial charge on any atom is 0.270 e. The first-order valence-corrected chi connectivity index (χ1v) is 11.3. The number of benzene rings is 2. The molecule has 1 saturated heterocycles. The van der Waals surface area contributed by atoms with Crippen LogP contribution in [0.2, 0.25) is 0 Å². The number of fused-ring (bicyclic) bond motifs is 1. The van der Waals surface area contributed by atoms with Crippen molar-refractivity contribution in [1.29, 1.82) is 0 Å². The zero-order valence-corrected chi connectivity index (χ0v) is 18.9. The van der Waals surface area contributed by atoms with Crippen LogP contribution in [0.25, 0.3) is 10.9 Å². The van der Waals surface area contributed by atoms with E-state index in [-0.39, 0.29) is 5.91 Å². The lowest BCUT2D eigenvalue weighted by atomic mass is 9.96. The number of ether oxygens (including phenoxy) is 1. The van der Waals surface area contributed by atoms with Crippen molar-refractivity contribution in [3.8, 4) is 5.75 Å². The van der Waals surface area contributed by atoms with Crippen LogP contribution < -0.4 is 4.74 Å². The summed E-state index contributed by atoms with van der Waals surface area (Å²) in [5.74, 6) is 1.38. The molecule has 1 aliphatic rings. The molecule has 2 aromatic carbocycles. The third kappa shape index (κ3) is 5.10. The highest BCUT2D eigenvalue weighted by atomic mass is 16.5. The number of H-pyrrole nitrogens is 1. The molecule has 1 atom stereocenters. The molecule has 2 heterocycles. The number of aromatic nitrogens is 1. The number of carbonyl (C=O) groups is 1. The standard InChI is InChI=1S/C26H33N3O2/c1-4-29(26(30)25-15-22-14-23(31-3)11-12-24(22)27-25)18-21-6-5-13-28(17-21)16-20-9-7-19(2)8-10-20/h7-12,14-15,21,27H,4-6,13,16-18H2,1-3H3. The molecule has 1 aromatic heterocycles. The SMILES string of the molecule is CCN(CC1CCCN(Cc2ccc(C)cc2)C1)C(=O)c1cc2cc(OC)ccc2[nH]1. The predicted octanol–water partition coefficient (Wildman–Crippen LogP) is 4.86. The van der Waals surface area contributed by atoms with Crippen LogP contribution in [0.1, 0.15) is 41.4 Å². The fourth-order valence-electron chi connectivity index (χ4n) is 4.59. The van der Waals surface area contributed by atoms with Crippen molar-refractivity contribution in [3.05, 3.63) is 65.4 Å². The number of piperidine rings is 1. The monoisotopic (exact) mass is 419 g/mol. The number of aryl methyl sites for hydroxylation is 1. The van der Waals surface area contributed by atoms with E-state index in [0.717, 1.165) is 42.8 Å². The Morgan fingerprint density at radius 3 is 2.74 bits per heavy atom. The molecule has 1 N–H and O–H groups in total. The second-order valence-electron chi connectivity index (χ2n) is 8.71. The number of aromatic amines is 1. The second-order valence-corrected chi connectivity index (χ2v) is 8.71. The molecule has 1 aliphatic heterocycles. The highest BCUT2D eigenvalue weighted by molar-refractivity contribution is 5.98. The summed E-state index contributed by atoms with van der Waals surface area (Å²) < 4.78 is 5.31. The van der Waals surface area contributed by atoms with Crippen molar-refractivity contribution in [2.45, 2.75) is 33.2 Å². The molecule has 0 radical (unpaired) electrons. The number of amides is 1. The van der Waals surface area contributed by atoms with Crippen LogP contribution in [-0.4, -0.2) is 54.0 Å². The smallest absolute Gasteiger partial charge is 0.270 e. The average Bonchev–Trinajstić information content (AvgIpc) is 3.22. The lowest BCUT2D eigenvalue weighted by molar-refractivity contribution is 0.0680. The Morgan fingerprint density at radius 2 is 2.00 bits per heavy atom. The van der Waals surface area contributed by atoms with Crippen LogP contribution in [0.3, 0.4) is 0 Å². The Hall–Kier alpha value is -2.79. The van der Waals surface area contributed by atoms with Gasteiger partial charge in [0.15, 0.2) is 0 Å². The Morgan fingerprint density at radius 1 is 1.19 bits per heavy atom. The number of hydrogen-bond donors (Lipinski definition) is 1. The van der Waals surface area contributed by atoms with Crippen LogP contribution >= 0.6 is 0 Å². The van der Waals surface area contributed by atoms with E-state index < -0.39 is 0 Å². The maximum atomic E-state index is 13.2. The lowest BCUT2D eigenvalue weighted by Gasteiger charge is -2.35. The summed E-state index contributed by atoms with van der Waals surface area (Å²) in [6, 6.07) is 16.6. The summed E-state index contributed by atoms with van der Waals surface area (Å²) in [4.78, 5) is 21.0. The highest BCUT2D eigenvalue weighted by Crippen LogP contribution is 2.24. The first-order chi connectivity index (χ1) is 15.1. The Kier molecular flexibility index (Phi) is 6.62. The number of carbonyl (C=O) groups excluding carboxylic acids is 1. The average molecular weight is 420 g/mol. The number of rotatable bonds is 7. The van der Waals surface area contributed by atoms with E-state index in [0.29, 0.717) is 18.2 Å². The largest absolute Gasteiger partial charge is 0.497 e. The normalized spacial score (nSPS) is 17.1. The van der Waals surface area contributed by atoms with Crippen molar-refractivity contribution in [2.24, 2.45) is 5.92 Å². The molecular formula is C26H33N3O2. The van der Waals surface area contributed by atoms with Gasteiger partial charge in [0.05, 0.1) is 7.11 Å².